The Bertz CT molecular complexity index is 1490. The van der Waals surface area contributed by atoms with Crippen LogP contribution in [0.4, 0.5) is 0 Å². The predicted octanol–water partition coefficient (Wildman–Crippen LogP) is 4.98. The lowest BCUT2D eigenvalue weighted by atomic mass is 10.0. The van der Waals surface area contributed by atoms with E-state index in [2.05, 4.69) is 18.2 Å². The van der Waals surface area contributed by atoms with Crippen molar-refractivity contribution >= 4 is 15.7 Å². The Balaban J connectivity index is 1.79. The van der Waals surface area contributed by atoms with Gasteiger partial charge in [0, 0.05) is 23.5 Å². The van der Waals surface area contributed by atoms with Crippen molar-refractivity contribution < 1.29 is 8.42 Å². The molecule has 0 fully saturated rings. The summed E-state index contributed by atoms with van der Waals surface area (Å²) in [7, 11) is -3.88. The molecule has 0 bridgehead atoms. The van der Waals surface area contributed by atoms with Gasteiger partial charge in [-0.1, -0.05) is 78.9 Å². The van der Waals surface area contributed by atoms with Crippen molar-refractivity contribution in [3.8, 4) is 33.5 Å². The van der Waals surface area contributed by atoms with E-state index in [1.165, 1.54) is 6.07 Å². The summed E-state index contributed by atoms with van der Waals surface area (Å²) in [5.41, 5.74) is 5.88. The second-order valence-corrected chi connectivity index (χ2v) is 8.80. The number of rotatable bonds is 4. The molecule has 3 aromatic carbocycles. The SMILES string of the molecule is NS(=O)(=O)c1ccccc1-c1cn2cc(-c3ccccc3)cc(-c3ccccc3)c2n1. The Morgan fingerprint density at radius 2 is 1.29 bits per heavy atom. The lowest BCUT2D eigenvalue weighted by Gasteiger charge is -2.09. The molecule has 5 aromatic rings. The Labute approximate surface area is 180 Å². The maximum atomic E-state index is 12.1. The Kier molecular flexibility index (Phi) is 4.66. The molecule has 0 saturated carbocycles. The fourth-order valence-corrected chi connectivity index (χ4v) is 4.52. The normalized spacial score (nSPS) is 11.6. The molecule has 152 valence electrons. The van der Waals surface area contributed by atoms with Gasteiger partial charge in [0.25, 0.3) is 0 Å². The number of aromatic nitrogens is 2. The minimum atomic E-state index is -3.88. The van der Waals surface area contributed by atoms with Crippen LogP contribution in [0.1, 0.15) is 0 Å². The van der Waals surface area contributed by atoms with E-state index in [1.54, 1.807) is 18.2 Å². The summed E-state index contributed by atoms with van der Waals surface area (Å²) in [6, 6.07) is 28.9. The summed E-state index contributed by atoms with van der Waals surface area (Å²) in [5, 5.41) is 5.45. The van der Waals surface area contributed by atoms with Crippen LogP contribution in [0.25, 0.3) is 39.2 Å². The van der Waals surface area contributed by atoms with Crippen molar-refractivity contribution in [1.82, 2.24) is 9.38 Å². The van der Waals surface area contributed by atoms with E-state index in [0.29, 0.717) is 11.3 Å². The largest absolute Gasteiger partial charge is 0.305 e. The first-order chi connectivity index (χ1) is 15.0. The number of pyridine rings is 1. The zero-order valence-corrected chi connectivity index (χ0v) is 17.3. The van der Waals surface area contributed by atoms with Crippen molar-refractivity contribution in [3.63, 3.8) is 0 Å². The first kappa shape index (κ1) is 19.2. The molecule has 2 heterocycles. The van der Waals surface area contributed by atoms with Crippen LogP contribution in [0, 0.1) is 0 Å². The maximum Gasteiger partial charge on any atom is 0.238 e. The van der Waals surface area contributed by atoms with Crippen molar-refractivity contribution in [2.24, 2.45) is 5.14 Å². The zero-order valence-electron chi connectivity index (χ0n) is 16.5. The first-order valence-corrected chi connectivity index (χ1v) is 11.3. The van der Waals surface area contributed by atoms with E-state index < -0.39 is 10.0 Å². The minimum Gasteiger partial charge on any atom is -0.305 e. The number of fused-ring (bicyclic) bond motifs is 1. The summed E-state index contributed by atoms with van der Waals surface area (Å²) < 4.78 is 26.2. The fourth-order valence-electron chi connectivity index (χ4n) is 3.77. The van der Waals surface area contributed by atoms with Crippen LogP contribution in [-0.2, 0) is 10.0 Å². The van der Waals surface area contributed by atoms with E-state index in [1.807, 2.05) is 65.3 Å². The third-order valence-electron chi connectivity index (χ3n) is 5.21. The topological polar surface area (TPSA) is 77.5 Å². The van der Waals surface area contributed by atoms with Gasteiger partial charge in [0.15, 0.2) is 0 Å². The third-order valence-corrected chi connectivity index (χ3v) is 6.18. The quantitative estimate of drug-likeness (QED) is 0.441. The van der Waals surface area contributed by atoms with Gasteiger partial charge in [-0.25, -0.2) is 18.5 Å². The molecule has 0 aliphatic carbocycles. The number of hydrogen-bond acceptors (Lipinski definition) is 3. The number of nitrogens with zero attached hydrogens (tertiary/aromatic N) is 2. The number of nitrogens with two attached hydrogens (primary N) is 1. The zero-order chi connectivity index (χ0) is 21.4. The van der Waals surface area contributed by atoms with Gasteiger partial charge in [-0.2, -0.15) is 0 Å². The number of primary sulfonamides is 1. The average Bonchev–Trinajstić information content (AvgIpc) is 3.23. The Morgan fingerprint density at radius 1 is 0.677 bits per heavy atom. The number of imidazole rings is 1. The van der Waals surface area contributed by atoms with Crippen molar-refractivity contribution in [3.05, 3.63) is 103 Å². The highest BCUT2D eigenvalue weighted by Gasteiger charge is 2.18. The Hall–Kier alpha value is -3.74. The maximum absolute atomic E-state index is 12.1. The first-order valence-electron chi connectivity index (χ1n) is 9.76. The molecule has 0 radical (unpaired) electrons. The van der Waals surface area contributed by atoms with Gasteiger partial charge in [0.1, 0.15) is 5.65 Å². The summed E-state index contributed by atoms with van der Waals surface area (Å²) >= 11 is 0. The average molecular weight is 426 g/mol. The number of hydrogen-bond donors (Lipinski definition) is 1. The number of benzene rings is 3. The molecule has 5 rings (SSSR count). The van der Waals surface area contributed by atoms with Crippen LogP contribution in [-0.4, -0.2) is 17.8 Å². The van der Waals surface area contributed by atoms with Gasteiger partial charge in [-0.15, -0.1) is 0 Å². The molecule has 6 heteroatoms. The smallest absolute Gasteiger partial charge is 0.238 e. The number of sulfonamides is 1. The molecule has 0 aliphatic heterocycles. The lowest BCUT2D eigenvalue weighted by molar-refractivity contribution is 0.598. The van der Waals surface area contributed by atoms with Gasteiger partial charge in [0.2, 0.25) is 10.0 Å². The van der Waals surface area contributed by atoms with Gasteiger partial charge in [-0.05, 0) is 28.8 Å². The Morgan fingerprint density at radius 3 is 1.97 bits per heavy atom. The van der Waals surface area contributed by atoms with Crippen LogP contribution >= 0.6 is 0 Å². The molecular formula is C25H19N3O2S. The van der Waals surface area contributed by atoms with Crippen LogP contribution in [0.5, 0.6) is 0 Å². The van der Waals surface area contributed by atoms with E-state index >= 15 is 0 Å². The van der Waals surface area contributed by atoms with E-state index in [-0.39, 0.29) is 4.90 Å². The summed E-state index contributed by atoms with van der Waals surface area (Å²) in [6.45, 7) is 0. The standard InChI is InChI=1S/C25H19N3O2S/c26-31(29,30)24-14-8-7-13-21(24)23-17-28-16-20(18-9-3-1-4-10-18)15-22(25(28)27-23)19-11-5-2-6-12-19/h1-17H,(H2,26,29,30). The predicted molar refractivity (Wildman–Crippen MR) is 123 cm³/mol. The molecule has 2 N–H and O–H groups in total. The van der Waals surface area contributed by atoms with Gasteiger partial charge in [-0.3, -0.25) is 0 Å². The molecular weight excluding hydrogens is 406 g/mol. The molecule has 0 unspecified atom stereocenters. The molecule has 0 aliphatic rings. The van der Waals surface area contributed by atoms with Crippen LogP contribution in [0.2, 0.25) is 0 Å². The molecule has 5 nitrogen and oxygen atoms in total. The molecule has 0 amide bonds. The van der Waals surface area contributed by atoms with Gasteiger partial charge >= 0.3 is 0 Å². The van der Waals surface area contributed by atoms with Crippen molar-refractivity contribution in [2.45, 2.75) is 4.90 Å². The summed E-state index contributed by atoms with van der Waals surface area (Å²) in [4.78, 5) is 4.87. The van der Waals surface area contributed by atoms with Crippen molar-refractivity contribution in [1.29, 1.82) is 0 Å². The van der Waals surface area contributed by atoms with E-state index in [4.69, 9.17) is 10.1 Å². The second-order valence-electron chi connectivity index (χ2n) is 7.27. The van der Waals surface area contributed by atoms with Crippen LogP contribution in [0.15, 0.2) is 108 Å². The highest BCUT2D eigenvalue weighted by Crippen LogP contribution is 2.33. The molecule has 31 heavy (non-hydrogen) atoms. The van der Waals surface area contributed by atoms with Gasteiger partial charge < -0.3 is 4.40 Å². The molecule has 0 saturated heterocycles. The molecule has 0 atom stereocenters. The van der Waals surface area contributed by atoms with Crippen LogP contribution in [0.3, 0.4) is 0 Å². The van der Waals surface area contributed by atoms with Crippen LogP contribution < -0.4 is 5.14 Å². The summed E-state index contributed by atoms with van der Waals surface area (Å²) in [5.74, 6) is 0. The van der Waals surface area contributed by atoms with E-state index in [9.17, 15) is 8.42 Å². The van der Waals surface area contributed by atoms with Crippen molar-refractivity contribution in [2.75, 3.05) is 0 Å². The highest BCUT2D eigenvalue weighted by atomic mass is 32.2. The monoisotopic (exact) mass is 425 g/mol. The van der Waals surface area contributed by atoms with E-state index in [0.717, 1.165) is 27.9 Å². The fraction of sp³-hybridized carbons (Fsp3) is 0. The van der Waals surface area contributed by atoms with Gasteiger partial charge in [0.05, 0.1) is 10.6 Å². The molecule has 2 aromatic heterocycles. The second kappa shape index (κ2) is 7.50. The highest BCUT2D eigenvalue weighted by molar-refractivity contribution is 7.89. The molecule has 0 spiro atoms. The summed E-state index contributed by atoms with van der Waals surface area (Å²) in [6.07, 6.45) is 3.85. The minimum absolute atomic E-state index is 0.0583. The lowest BCUT2D eigenvalue weighted by Crippen LogP contribution is -2.13. The third kappa shape index (κ3) is 3.63.